The Morgan fingerprint density at radius 1 is 0.455 bits per heavy atom. The van der Waals surface area contributed by atoms with Crippen LogP contribution < -0.4 is 0 Å². The van der Waals surface area contributed by atoms with Crippen molar-refractivity contribution in [3.8, 4) is 0 Å². The molecule has 0 saturated heterocycles. The van der Waals surface area contributed by atoms with Crippen LogP contribution in [0.3, 0.4) is 0 Å². The third-order valence-corrected chi connectivity index (χ3v) is 6.58. The van der Waals surface area contributed by atoms with Crippen molar-refractivity contribution in [2.45, 2.75) is 150 Å². The van der Waals surface area contributed by atoms with Crippen LogP contribution in [-0.4, -0.2) is 48.2 Å². The van der Waals surface area contributed by atoms with Crippen molar-refractivity contribution in [3.05, 3.63) is 0 Å². The van der Waals surface area contributed by atoms with Crippen molar-refractivity contribution in [2.75, 3.05) is 26.2 Å². The Hall–Kier alpha value is -0.170. The summed E-state index contributed by atoms with van der Waals surface area (Å²) in [5, 5.41) is 0. The predicted molar refractivity (Wildman–Crippen MR) is 142 cm³/mol. The lowest BCUT2D eigenvalue weighted by Crippen LogP contribution is -2.50. The molecule has 0 atom stereocenters. The van der Waals surface area contributed by atoms with E-state index in [1.165, 1.54) is 153 Å². The topological polar surface area (TPSA) is 80.3 Å². The molecule has 0 fully saturated rings. The van der Waals surface area contributed by atoms with Gasteiger partial charge in [0.1, 0.15) is 0 Å². The Morgan fingerprint density at radius 3 is 0.939 bits per heavy atom. The minimum absolute atomic E-state index is 0. The number of quaternary nitrogens is 1. The second kappa shape index (κ2) is 24.9. The summed E-state index contributed by atoms with van der Waals surface area (Å²) >= 11 is 0. The molecule has 0 aromatic heterocycles. The van der Waals surface area contributed by atoms with Crippen LogP contribution in [0.4, 0.5) is 0 Å². The van der Waals surface area contributed by atoms with Gasteiger partial charge >= 0.3 is 1.43 Å². The molecule has 0 unspecified atom stereocenters. The molecule has 0 saturated carbocycles. The van der Waals surface area contributed by atoms with Crippen LogP contribution >= 0.6 is 0 Å². The third kappa shape index (κ3) is 29.8. The summed E-state index contributed by atoms with van der Waals surface area (Å²) in [5.41, 5.74) is 0. The largest absolute Gasteiger partial charge is 1.00 e. The predicted octanol–water partition coefficient (Wildman–Crippen LogP) is 8.07. The lowest BCUT2D eigenvalue weighted by molar-refractivity contribution is -0.928. The van der Waals surface area contributed by atoms with E-state index < -0.39 is 10.4 Å². The second-order valence-corrected chi connectivity index (χ2v) is 10.8. The first-order chi connectivity index (χ1) is 15.7. The number of hydrogen-bond acceptors (Lipinski definition) is 4. The van der Waals surface area contributed by atoms with E-state index in [0.717, 1.165) is 0 Å². The normalized spacial score (nSPS) is 11.9. The molecule has 33 heavy (non-hydrogen) atoms. The van der Waals surface area contributed by atoms with Gasteiger partial charge in [0.25, 0.3) is 0 Å². The van der Waals surface area contributed by atoms with Crippen molar-refractivity contribution in [1.29, 1.82) is 0 Å². The molecule has 202 valence electrons. The highest BCUT2D eigenvalue weighted by Gasteiger charge is 2.23. The van der Waals surface area contributed by atoms with E-state index in [2.05, 4.69) is 27.7 Å². The van der Waals surface area contributed by atoms with E-state index >= 15 is 0 Å². The molecule has 0 radical (unpaired) electrons. The number of nitrogens with zero attached hydrogens (tertiary/aromatic N) is 1. The molecule has 0 aliphatic rings. The SMILES string of the molecule is CCCCCCCCCCCCCCCCCC[N+](CCC)(CCC)CCC.O=S(=O)([O-])[O-].[H+]. The number of unbranched alkanes of at least 4 members (excludes halogenated alkanes) is 15. The fourth-order valence-electron chi connectivity index (χ4n) is 5.09. The number of rotatable bonds is 23. The molecule has 0 N–H and O–H groups in total. The maximum atomic E-state index is 8.52. The molecule has 0 heterocycles. The van der Waals surface area contributed by atoms with Gasteiger partial charge in [0.05, 0.1) is 26.2 Å². The Labute approximate surface area is 209 Å². The maximum absolute atomic E-state index is 8.52. The summed E-state index contributed by atoms with van der Waals surface area (Å²) in [7, 11) is -5.17. The summed E-state index contributed by atoms with van der Waals surface area (Å²) in [6, 6.07) is 0. The highest BCUT2D eigenvalue weighted by Crippen LogP contribution is 2.17. The Kier molecular flexibility index (Phi) is 26.4. The van der Waals surface area contributed by atoms with Gasteiger partial charge in [0.2, 0.25) is 0 Å². The highest BCUT2D eigenvalue weighted by molar-refractivity contribution is 7.79. The molecule has 6 heteroatoms. The van der Waals surface area contributed by atoms with Gasteiger partial charge in [-0.15, -0.1) is 0 Å². The first-order valence-electron chi connectivity index (χ1n) is 14.3. The van der Waals surface area contributed by atoms with Gasteiger partial charge in [0.15, 0.2) is 0 Å². The fraction of sp³-hybridized carbons (Fsp3) is 1.00. The van der Waals surface area contributed by atoms with Gasteiger partial charge in [0, 0.05) is 10.4 Å². The standard InChI is InChI=1S/C27H58N.H2O4S/c1-5-9-10-11-12-13-14-15-16-17-18-19-20-21-22-23-27-28(24-6-2,25-7-3)26-8-4;1-5(2,3)4/h5-27H2,1-4H3;(H2,1,2,3,4)/q+1;/p-1. The fourth-order valence-corrected chi connectivity index (χ4v) is 5.09. The molecule has 0 aromatic carbocycles. The summed E-state index contributed by atoms with van der Waals surface area (Å²) in [6.07, 6.45) is 27.5. The Bertz CT molecular complexity index is 464. The van der Waals surface area contributed by atoms with Gasteiger partial charge in [-0.25, -0.2) is 0 Å². The molecule has 0 aliphatic carbocycles. The first kappa shape index (κ1) is 35.0. The lowest BCUT2D eigenvalue weighted by atomic mass is 10.0. The van der Waals surface area contributed by atoms with Crippen molar-refractivity contribution in [2.24, 2.45) is 0 Å². The number of hydrogen-bond donors (Lipinski definition) is 0. The van der Waals surface area contributed by atoms with Crippen LogP contribution in [0.5, 0.6) is 0 Å². The van der Waals surface area contributed by atoms with Crippen LogP contribution in [0, 0.1) is 0 Å². The first-order valence-corrected chi connectivity index (χ1v) is 15.6. The average molecular weight is 494 g/mol. The van der Waals surface area contributed by atoms with E-state index in [1.807, 2.05) is 0 Å². The van der Waals surface area contributed by atoms with Gasteiger partial charge in [-0.3, -0.25) is 8.42 Å². The van der Waals surface area contributed by atoms with E-state index in [1.54, 1.807) is 0 Å². The van der Waals surface area contributed by atoms with Crippen LogP contribution in [0.1, 0.15) is 151 Å². The van der Waals surface area contributed by atoms with Gasteiger partial charge < -0.3 is 13.6 Å². The minimum Gasteiger partial charge on any atom is -0.759 e. The van der Waals surface area contributed by atoms with E-state index in [9.17, 15) is 0 Å². The minimum atomic E-state index is -5.17. The zero-order valence-electron chi connectivity index (χ0n) is 23.8. The van der Waals surface area contributed by atoms with Crippen molar-refractivity contribution < 1.29 is 23.4 Å². The summed E-state index contributed by atoms with van der Waals surface area (Å²) in [5.74, 6) is 0. The molecule has 0 spiro atoms. The van der Waals surface area contributed by atoms with Crippen molar-refractivity contribution >= 4 is 10.4 Å². The monoisotopic (exact) mass is 493 g/mol. The zero-order valence-corrected chi connectivity index (χ0v) is 23.6. The smallest absolute Gasteiger partial charge is 0.759 e. The average Bonchev–Trinajstić information content (AvgIpc) is 2.73. The second-order valence-electron chi connectivity index (χ2n) is 9.95. The molecule has 0 amide bonds. The van der Waals surface area contributed by atoms with Gasteiger partial charge in [-0.2, -0.15) is 0 Å². The molecular weight excluding hydrogens is 434 g/mol. The van der Waals surface area contributed by atoms with Crippen LogP contribution in [0.15, 0.2) is 0 Å². The summed E-state index contributed by atoms with van der Waals surface area (Å²) in [4.78, 5) is 0. The Morgan fingerprint density at radius 2 is 0.697 bits per heavy atom. The Balaban J connectivity index is -0.00000144. The molecule has 0 aromatic rings. The molecule has 0 bridgehead atoms. The third-order valence-electron chi connectivity index (χ3n) is 6.58. The van der Waals surface area contributed by atoms with Crippen LogP contribution in [-0.2, 0) is 10.4 Å². The highest BCUT2D eigenvalue weighted by atomic mass is 32.3. The summed E-state index contributed by atoms with van der Waals surface area (Å²) in [6.45, 7) is 15.1. The zero-order chi connectivity index (χ0) is 25.3. The lowest BCUT2D eigenvalue weighted by Gasteiger charge is -2.38. The molecular formula is C27H59NO4S. The molecule has 0 rings (SSSR count). The maximum Gasteiger partial charge on any atom is 1.00 e. The van der Waals surface area contributed by atoms with Gasteiger partial charge in [-0.05, 0) is 32.1 Å². The quantitative estimate of drug-likeness (QED) is 0.0623. The van der Waals surface area contributed by atoms with Crippen molar-refractivity contribution in [3.63, 3.8) is 0 Å². The van der Waals surface area contributed by atoms with Gasteiger partial charge in [-0.1, -0.05) is 118 Å². The van der Waals surface area contributed by atoms with Crippen molar-refractivity contribution in [1.82, 2.24) is 0 Å². The molecule has 0 aliphatic heterocycles. The van der Waals surface area contributed by atoms with E-state index in [4.69, 9.17) is 17.5 Å². The van der Waals surface area contributed by atoms with E-state index in [-0.39, 0.29) is 1.43 Å². The van der Waals surface area contributed by atoms with E-state index in [0.29, 0.717) is 0 Å². The summed E-state index contributed by atoms with van der Waals surface area (Å²) < 4.78 is 35.5. The molecule has 5 nitrogen and oxygen atoms in total. The van der Waals surface area contributed by atoms with Crippen LogP contribution in [0.25, 0.3) is 0 Å². The van der Waals surface area contributed by atoms with Crippen LogP contribution in [0.2, 0.25) is 0 Å².